The van der Waals surface area contributed by atoms with Crippen molar-refractivity contribution in [3.05, 3.63) is 65.5 Å². The molecule has 11 heteroatoms. The molecule has 0 spiro atoms. The first kappa shape index (κ1) is 31.9. The van der Waals surface area contributed by atoms with Crippen LogP contribution in [0.25, 0.3) is 11.4 Å². The van der Waals surface area contributed by atoms with E-state index in [1.165, 1.54) is 23.9 Å². The van der Waals surface area contributed by atoms with E-state index in [4.69, 9.17) is 0 Å². The molecule has 198 valence electrons. The smallest absolute Gasteiger partial charge is 0.549 e. The monoisotopic (exact) mass is 555 g/mol. The molecule has 0 fully saturated rings. The Labute approximate surface area is 246 Å². The van der Waals surface area contributed by atoms with Crippen molar-refractivity contribution in [2.75, 3.05) is 5.32 Å². The average molecular weight is 556 g/mol. The average Bonchev–Trinajstić information content (AvgIpc) is 3.15. The minimum atomic E-state index is -4.46. The van der Waals surface area contributed by atoms with Crippen molar-refractivity contribution in [2.24, 2.45) is 0 Å². The van der Waals surface area contributed by atoms with E-state index < -0.39 is 28.4 Å². The molecule has 0 atom stereocenters. The molecule has 1 heterocycles. The van der Waals surface area contributed by atoms with Gasteiger partial charge in [0.05, 0.1) is 16.3 Å². The van der Waals surface area contributed by atoms with Crippen molar-refractivity contribution < 1.29 is 57.4 Å². The van der Waals surface area contributed by atoms with Gasteiger partial charge >= 0.3 is 35.7 Å². The zero-order valence-electron chi connectivity index (χ0n) is 22.1. The van der Waals surface area contributed by atoms with Crippen LogP contribution in [0.15, 0.2) is 53.4 Å². The second kappa shape index (κ2) is 13.2. The quantitative estimate of drug-likeness (QED) is 0.236. The molecule has 0 aliphatic heterocycles. The van der Waals surface area contributed by atoms with Crippen LogP contribution in [-0.2, 0) is 17.5 Å². The predicted octanol–water partition coefficient (Wildman–Crippen LogP) is 2.94. The van der Waals surface area contributed by atoms with Gasteiger partial charge in [-0.3, -0.25) is 4.79 Å². The van der Waals surface area contributed by atoms with E-state index in [0.717, 1.165) is 41.9 Å². The molecule has 3 rings (SSSR count). The van der Waals surface area contributed by atoms with Crippen molar-refractivity contribution in [3.8, 4) is 11.4 Å². The molecule has 3 aromatic rings. The molecule has 1 amide bonds. The van der Waals surface area contributed by atoms with Crippen molar-refractivity contribution in [2.45, 2.75) is 69.3 Å². The second-order valence-electron chi connectivity index (χ2n) is 9.18. The van der Waals surface area contributed by atoms with Gasteiger partial charge in [-0.05, 0) is 63.6 Å². The molecule has 2 aromatic carbocycles. The Hall–Kier alpha value is -2.27. The number of hydrogen-bond acceptors (Lipinski definition) is 5. The number of imidazole rings is 1. The summed E-state index contributed by atoms with van der Waals surface area (Å²) in [6.07, 6.45) is -1.56. The fourth-order valence-corrected chi connectivity index (χ4v) is 4.65. The normalized spacial score (nSPS) is 11.7. The third-order valence-corrected chi connectivity index (χ3v) is 7.05. The largest absolute Gasteiger partial charge is 1.00 e. The third kappa shape index (κ3) is 7.88. The molecular formula is C27H29F3N3NaO3S. The van der Waals surface area contributed by atoms with Crippen LogP contribution in [0.4, 0.5) is 18.9 Å². The van der Waals surface area contributed by atoms with E-state index >= 15 is 0 Å². The van der Waals surface area contributed by atoms with Gasteiger partial charge < -0.3 is 19.8 Å². The summed E-state index contributed by atoms with van der Waals surface area (Å²) in [7, 11) is 0. The number of hydrogen-bond donors (Lipinski definition) is 1. The van der Waals surface area contributed by atoms with E-state index in [0.29, 0.717) is 18.1 Å². The number of nitrogens with one attached hydrogen (secondary N) is 1. The fraction of sp³-hybridized carbons (Fsp3) is 0.370. The van der Waals surface area contributed by atoms with Crippen LogP contribution in [0, 0.1) is 6.92 Å². The van der Waals surface area contributed by atoms with Crippen LogP contribution in [0.3, 0.4) is 0 Å². The number of benzene rings is 2. The van der Waals surface area contributed by atoms with Crippen LogP contribution < -0.4 is 40.0 Å². The molecular weight excluding hydrogens is 526 g/mol. The summed E-state index contributed by atoms with van der Waals surface area (Å²) in [5.74, 6) is -1.09. The molecule has 0 unspecified atom stereocenters. The summed E-state index contributed by atoms with van der Waals surface area (Å²) in [6, 6.07) is 11.5. The summed E-state index contributed by atoms with van der Waals surface area (Å²) in [5, 5.41) is 14.0. The van der Waals surface area contributed by atoms with Crippen molar-refractivity contribution >= 4 is 29.3 Å². The molecule has 0 radical (unpaired) electrons. The van der Waals surface area contributed by atoms with Gasteiger partial charge in [-0.1, -0.05) is 31.9 Å². The Bertz CT molecular complexity index is 1260. The summed E-state index contributed by atoms with van der Waals surface area (Å²) in [6.45, 7) is 7.67. The van der Waals surface area contributed by atoms with Gasteiger partial charge in [-0.25, -0.2) is 4.98 Å². The van der Waals surface area contributed by atoms with Crippen LogP contribution in [0.1, 0.15) is 61.8 Å². The Morgan fingerprint density at radius 3 is 2.16 bits per heavy atom. The summed E-state index contributed by atoms with van der Waals surface area (Å²) in [5.41, 5.74) is 1.02. The first-order valence-electron chi connectivity index (χ1n) is 11.9. The molecule has 0 bridgehead atoms. The number of unbranched alkanes of at least 4 members (excludes halogenated alkanes) is 2. The number of alkyl halides is 3. The first-order valence-corrected chi connectivity index (χ1v) is 12.7. The maximum atomic E-state index is 13.0. The van der Waals surface area contributed by atoms with Gasteiger partial charge in [0.2, 0.25) is 0 Å². The number of carboxylic acids is 1. The Morgan fingerprint density at radius 1 is 1.03 bits per heavy atom. The standard InChI is InChI=1S/C27H30F3N3O3S.Na/c1-5-6-7-16-33-17(2)22(24(34)31-20-12-10-19(11-13-20)27(28,29)30)32-23(33)18-8-14-21(15-9-18)37-26(3,4)25(35)36;/h8-15H,5-7,16H2,1-4H3,(H,31,34)(H,35,36);/q;+1/p-1. The number of nitrogens with zero attached hydrogens (tertiary/aromatic N) is 2. The van der Waals surface area contributed by atoms with Gasteiger partial charge in [-0.15, -0.1) is 11.8 Å². The molecule has 0 aliphatic carbocycles. The van der Waals surface area contributed by atoms with Crippen molar-refractivity contribution in [1.29, 1.82) is 0 Å². The van der Waals surface area contributed by atoms with Gasteiger partial charge in [0.25, 0.3) is 5.91 Å². The van der Waals surface area contributed by atoms with Crippen molar-refractivity contribution in [1.82, 2.24) is 9.55 Å². The Kier molecular flexibility index (Phi) is 11.1. The predicted molar refractivity (Wildman–Crippen MR) is 136 cm³/mol. The number of amides is 1. The molecule has 0 aliphatic rings. The SMILES string of the molecule is CCCCCn1c(-c2ccc(SC(C)(C)C(=O)[O-])cc2)nc(C(=O)Nc2ccc(C(F)(F)F)cc2)c1C.[Na+]. The van der Waals surface area contributed by atoms with Gasteiger partial charge in [0.15, 0.2) is 0 Å². The number of anilines is 1. The second-order valence-corrected chi connectivity index (χ2v) is 10.9. The number of aromatic nitrogens is 2. The summed E-state index contributed by atoms with van der Waals surface area (Å²) >= 11 is 1.17. The molecule has 0 saturated heterocycles. The molecule has 38 heavy (non-hydrogen) atoms. The zero-order valence-corrected chi connectivity index (χ0v) is 24.9. The number of rotatable bonds is 10. The third-order valence-electron chi connectivity index (χ3n) is 5.87. The van der Waals surface area contributed by atoms with Crippen LogP contribution >= 0.6 is 11.8 Å². The number of carboxylic acid groups (broad SMARTS) is 1. The first-order chi connectivity index (χ1) is 17.3. The number of carbonyl (C=O) groups excluding carboxylic acids is 2. The molecule has 1 aromatic heterocycles. The summed E-state index contributed by atoms with van der Waals surface area (Å²) < 4.78 is 39.4. The topological polar surface area (TPSA) is 87.1 Å². The number of aliphatic carboxylic acids is 1. The maximum absolute atomic E-state index is 13.0. The van der Waals surface area contributed by atoms with E-state index in [-0.39, 0.29) is 40.9 Å². The van der Waals surface area contributed by atoms with Crippen LogP contribution in [-0.4, -0.2) is 26.2 Å². The van der Waals surface area contributed by atoms with Gasteiger partial charge in [-0.2, -0.15) is 13.2 Å². The number of halogens is 3. The van der Waals surface area contributed by atoms with Gasteiger partial charge in [0.1, 0.15) is 11.5 Å². The van der Waals surface area contributed by atoms with E-state index in [1.807, 2.05) is 16.7 Å². The van der Waals surface area contributed by atoms with E-state index in [9.17, 15) is 27.9 Å². The number of carbonyl (C=O) groups is 2. The molecule has 0 saturated carbocycles. The minimum Gasteiger partial charge on any atom is -0.549 e. The summed E-state index contributed by atoms with van der Waals surface area (Å²) in [4.78, 5) is 29.7. The minimum absolute atomic E-state index is 0. The fourth-order valence-electron chi connectivity index (χ4n) is 3.70. The van der Waals surface area contributed by atoms with E-state index in [1.54, 1.807) is 32.9 Å². The molecule has 1 N–H and O–H groups in total. The van der Waals surface area contributed by atoms with Crippen LogP contribution in [0.5, 0.6) is 0 Å². The Morgan fingerprint density at radius 2 is 1.63 bits per heavy atom. The van der Waals surface area contributed by atoms with Gasteiger partial charge in [0, 0.05) is 28.4 Å². The van der Waals surface area contributed by atoms with Crippen molar-refractivity contribution in [3.63, 3.8) is 0 Å². The molecule has 6 nitrogen and oxygen atoms in total. The Balaban J connectivity index is 0.00000507. The van der Waals surface area contributed by atoms with E-state index in [2.05, 4.69) is 17.2 Å². The van der Waals surface area contributed by atoms with Crippen LogP contribution in [0.2, 0.25) is 0 Å². The number of thioether (sulfide) groups is 1. The maximum Gasteiger partial charge on any atom is 1.00 e. The zero-order chi connectivity index (χ0) is 27.4.